The molecule has 1 atom stereocenters. The third kappa shape index (κ3) is 4.01. The Bertz CT molecular complexity index is 647. The van der Waals surface area contributed by atoms with Crippen LogP contribution in [0.25, 0.3) is 0 Å². The van der Waals surface area contributed by atoms with Crippen LogP contribution in [0.3, 0.4) is 0 Å². The fourth-order valence-electron chi connectivity index (χ4n) is 3.01. The minimum absolute atomic E-state index is 0.00932. The number of rotatable bonds is 5. The van der Waals surface area contributed by atoms with Gasteiger partial charge >= 0.3 is 0 Å². The Balaban J connectivity index is 1.52. The summed E-state index contributed by atoms with van der Waals surface area (Å²) in [4.78, 5) is 16.6. The lowest BCUT2D eigenvalue weighted by molar-refractivity contribution is -0.138. The van der Waals surface area contributed by atoms with Crippen molar-refractivity contribution >= 4 is 5.91 Å². The molecule has 128 valence electrons. The van der Waals surface area contributed by atoms with E-state index in [0.717, 1.165) is 30.9 Å². The van der Waals surface area contributed by atoms with Crippen molar-refractivity contribution in [1.82, 2.24) is 15.0 Å². The van der Waals surface area contributed by atoms with Gasteiger partial charge in [0.15, 0.2) is 0 Å². The lowest BCUT2D eigenvalue weighted by Gasteiger charge is -2.36. The lowest BCUT2D eigenvalue weighted by atomic mass is 9.92. The summed E-state index contributed by atoms with van der Waals surface area (Å²) in [6, 6.07) is 11.2. The first kappa shape index (κ1) is 16.7. The van der Waals surface area contributed by atoms with E-state index in [4.69, 9.17) is 4.52 Å². The number of carbonyl (C=O) groups excluding carboxylic acids is 1. The van der Waals surface area contributed by atoms with Crippen molar-refractivity contribution in [2.45, 2.75) is 25.5 Å². The van der Waals surface area contributed by atoms with E-state index >= 15 is 0 Å². The summed E-state index contributed by atoms with van der Waals surface area (Å²) < 4.78 is 4.84. The molecule has 1 aliphatic heterocycles. The van der Waals surface area contributed by atoms with Crippen LogP contribution in [-0.4, -0.2) is 52.1 Å². The minimum atomic E-state index is -1.14. The first-order valence-electron chi connectivity index (χ1n) is 8.22. The standard InChI is InChI=1S/C18H23N3O3/c1-18(23,15-5-3-2-4-6-15)13-17(22)21-10-8-20(9-11-21)14-16-7-12-24-19-16/h2-7,12,23H,8-11,13-14H2,1H3. The fraction of sp³-hybridized carbons (Fsp3) is 0.444. The highest BCUT2D eigenvalue weighted by Crippen LogP contribution is 2.25. The molecule has 2 heterocycles. The second-order valence-corrected chi connectivity index (χ2v) is 6.46. The molecule has 24 heavy (non-hydrogen) atoms. The van der Waals surface area contributed by atoms with Crippen LogP contribution >= 0.6 is 0 Å². The van der Waals surface area contributed by atoms with Gasteiger partial charge in [-0.15, -0.1) is 0 Å². The van der Waals surface area contributed by atoms with Gasteiger partial charge in [-0.05, 0) is 12.5 Å². The Kier molecular flexibility index (Phi) is 4.97. The summed E-state index contributed by atoms with van der Waals surface area (Å²) in [7, 11) is 0. The zero-order valence-corrected chi connectivity index (χ0v) is 13.9. The number of carbonyl (C=O) groups is 1. The quantitative estimate of drug-likeness (QED) is 0.903. The van der Waals surface area contributed by atoms with Gasteiger partial charge in [0.1, 0.15) is 6.26 Å². The van der Waals surface area contributed by atoms with Crippen molar-refractivity contribution in [2.24, 2.45) is 0 Å². The van der Waals surface area contributed by atoms with Crippen LogP contribution in [0.2, 0.25) is 0 Å². The van der Waals surface area contributed by atoms with Crippen LogP contribution in [0.4, 0.5) is 0 Å². The van der Waals surface area contributed by atoms with Crippen LogP contribution in [-0.2, 0) is 16.9 Å². The average Bonchev–Trinajstić information content (AvgIpc) is 3.09. The Morgan fingerprint density at radius 3 is 2.54 bits per heavy atom. The summed E-state index contributed by atoms with van der Waals surface area (Å²) >= 11 is 0. The molecule has 0 spiro atoms. The first-order chi connectivity index (χ1) is 11.5. The van der Waals surface area contributed by atoms with Crippen LogP contribution in [0.5, 0.6) is 0 Å². The Hall–Kier alpha value is -2.18. The summed E-state index contributed by atoms with van der Waals surface area (Å²) in [5.74, 6) is -0.00932. The molecule has 1 fully saturated rings. The highest BCUT2D eigenvalue weighted by atomic mass is 16.5. The van der Waals surface area contributed by atoms with E-state index < -0.39 is 5.60 Å². The van der Waals surface area contributed by atoms with Crippen LogP contribution in [0.15, 0.2) is 47.2 Å². The second-order valence-electron chi connectivity index (χ2n) is 6.46. The van der Waals surface area contributed by atoms with Crippen molar-refractivity contribution in [3.8, 4) is 0 Å². The maximum absolute atomic E-state index is 12.5. The van der Waals surface area contributed by atoms with Gasteiger partial charge in [-0.25, -0.2) is 0 Å². The van der Waals surface area contributed by atoms with E-state index in [-0.39, 0.29) is 12.3 Å². The van der Waals surface area contributed by atoms with E-state index in [0.29, 0.717) is 13.1 Å². The number of benzene rings is 1. The molecule has 6 heteroatoms. The normalized spacial score (nSPS) is 18.3. The van der Waals surface area contributed by atoms with Crippen molar-refractivity contribution < 1.29 is 14.4 Å². The van der Waals surface area contributed by atoms with E-state index in [1.54, 1.807) is 13.2 Å². The maximum atomic E-state index is 12.5. The van der Waals surface area contributed by atoms with Gasteiger partial charge < -0.3 is 14.5 Å². The van der Waals surface area contributed by atoms with Crippen LogP contribution < -0.4 is 0 Å². The Morgan fingerprint density at radius 1 is 1.21 bits per heavy atom. The molecule has 3 rings (SSSR count). The molecular formula is C18H23N3O3. The van der Waals surface area contributed by atoms with Crippen molar-refractivity contribution in [1.29, 1.82) is 0 Å². The molecule has 1 saturated heterocycles. The Labute approximate surface area is 141 Å². The van der Waals surface area contributed by atoms with E-state index in [2.05, 4.69) is 10.1 Å². The summed E-state index contributed by atoms with van der Waals surface area (Å²) in [5, 5.41) is 14.5. The third-order valence-corrected chi connectivity index (χ3v) is 4.49. The smallest absolute Gasteiger partial charge is 0.225 e. The highest BCUT2D eigenvalue weighted by molar-refractivity contribution is 5.77. The SMILES string of the molecule is CC(O)(CC(=O)N1CCN(Cc2ccon2)CC1)c1ccccc1. The maximum Gasteiger partial charge on any atom is 0.225 e. The van der Waals surface area contributed by atoms with Gasteiger partial charge in [-0.2, -0.15) is 0 Å². The van der Waals surface area contributed by atoms with E-state index in [9.17, 15) is 9.90 Å². The molecule has 0 radical (unpaired) electrons. The molecule has 1 aromatic carbocycles. The number of aromatic nitrogens is 1. The fourth-order valence-corrected chi connectivity index (χ4v) is 3.01. The van der Waals surface area contributed by atoms with Gasteiger partial charge in [-0.1, -0.05) is 35.5 Å². The Morgan fingerprint density at radius 2 is 1.92 bits per heavy atom. The number of hydrogen-bond donors (Lipinski definition) is 1. The lowest BCUT2D eigenvalue weighted by Crippen LogP contribution is -2.49. The second kappa shape index (κ2) is 7.15. The largest absolute Gasteiger partial charge is 0.385 e. The zero-order chi connectivity index (χ0) is 17.0. The third-order valence-electron chi connectivity index (χ3n) is 4.49. The summed E-state index contributed by atoms with van der Waals surface area (Å²) in [5.41, 5.74) is 0.528. The number of nitrogens with zero attached hydrogens (tertiary/aromatic N) is 3. The summed E-state index contributed by atoms with van der Waals surface area (Å²) in [6.45, 7) is 5.36. The predicted molar refractivity (Wildman–Crippen MR) is 89.0 cm³/mol. The van der Waals surface area contributed by atoms with E-state index in [1.165, 1.54) is 0 Å². The van der Waals surface area contributed by atoms with Crippen molar-refractivity contribution in [3.05, 3.63) is 53.9 Å². The monoisotopic (exact) mass is 329 g/mol. The van der Waals surface area contributed by atoms with Crippen LogP contribution in [0, 0.1) is 0 Å². The number of hydrogen-bond acceptors (Lipinski definition) is 5. The molecule has 0 bridgehead atoms. The van der Waals surface area contributed by atoms with E-state index in [1.807, 2.05) is 41.3 Å². The van der Waals surface area contributed by atoms with Gasteiger partial charge in [-0.3, -0.25) is 9.69 Å². The molecule has 1 unspecified atom stereocenters. The minimum Gasteiger partial charge on any atom is -0.385 e. The first-order valence-corrected chi connectivity index (χ1v) is 8.22. The van der Waals surface area contributed by atoms with Crippen molar-refractivity contribution in [2.75, 3.05) is 26.2 Å². The zero-order valence-electron chi connectivity index (χ0n) is 13.9. The van der Waals surface area contributed by atoms with Crippen molar-refractivity contribution in [3.63, 3.8) is 0 Å². The summed E-state index contributed by atoms with van der Waals surface area (Å²) in [6.07, 6.45) is 1.67. The topological polar surface area (TPSA) is 69.8 Å². The molecule has 1 aromatic heterocycles. The van der Waals surface area contributed by atoms with Gasteiger partial charge in [0.25, 0.3) is 0 Å². The van der Waals surface area contributed by atoms with Gasteiger partial charge in [0.05, 0.1) is 17.7 Å². The highest BCUT2D eigenvalue weighted by Gasteiger charge is 2.30. The molecule has 1 aliphatic rings. The number of aliphatic hydroxyl groups is 1. The molecular weight excluding hydrogens is 306 g/mol. The van der Waals surface area contributed by atoms with Gasteiger partial charge in [0.2, 0.25) is 5.91 Å². The molecule has 0 aliphatic carbocycles. The average molecular weight is 329 g/mol. The molecule has 6 nitrogen and oxygen atoms in total. The van der Waals surface area contributed by atoms with Gasteiger partial charge in [0, 0.05) is 38.8 Å². The predicted octanol–water partition coefficient (Wildman–Crippen LogP) is 1.62. The molecule has 1 N–H and O–H groups in total. The molecule has 2 aromatic rings. The number of piperazine rings is 1. The molecule has 0 saturated carbocycles. The molecule has 1 amide bonds. The number of amides is 1. The van der Waals surface area contributed by atoms with Crippen LogP contribution in [0.1, 0.15) is 24.6 Å².